The van der Waals surface area contributed by atoms with Gasteiger partial charge in [-0.3, -0.25) is 25.2 Å². The van der Waals surface area contributed by atoms with Gasteiger partial charge in [0, 0.05) is 6.08 Å². The van der Waals surface area contributed by atoms with E-state index in [4.69, 9.17) is 14.7 Å². The molecule has 3 amide bonds. The molecule has 160 valence electrons. The number of nitrogens with zero attached hydrogens (tertiary/aromatic N) is 1. The summed E-state index contributed by atoms with van der Waals surface area (Å²) in [5, 5.41) is 11.5. The van der Waals surface area contributed by atoms with Crippen LogP contribution >= 0.6 is 0 Å². The minimum atomic E-state index is -0.895. The van der Waals surface area contributed by atoms with Crippen molar-refractivity contribution in [2.24, 2.45) is 0 Å². The Morgan fingerprint density at radius 3 is 2.48 bits per heavy atom. The van der Waals surface area contributed by atoms with Gasteiger partial charge in [-0.05, 0) is 42.8 Å². The minimum absolute atomic E-state index is 0.260. The van der Waals surface area contributed by atoms with Crippen molar-refractivity contribution in [3.8, 4) is 17.6 Å². The van der Waals surface area contributed by atoms with Gasteiger partial charge in [-0.2, -0.15) is 5.26 Å². The van der Waals surface area contributed by atoms with E-state index in [1.54, 1.807) is 61.7 Å². The Bertz CT molecular complexity index is 996. The highest BCUT2D eigenvalue weighted by Gasteiger charge is 2.15. The van der Waals surface area contributed by atoms with Gasteiger partial charge >= 0.3 is 0 Å². The maximum absolute atomic E-state index is 12.0. The van der Waals surface area contributed by atoms with E-state index in [-0.39, 0.29) is 5.75 Å². The predicted molar refractivity (Wildman–Crippen MR) is 113 cm³/mol. The quantitative estimate of drug-likeness (QED) is 0.434. The van der Waals surface area contributed by atoms with E-state index in [2.05, 4.69) is 16.2 Å². The van der Waals surface area contributed by atoms with Crippen molar-refractivity contribution in [1.82, 2.24) is 16.2 Å². The second-order valence-corrected chi connectivity index (χ2v) is 6.27. The van der Waals surface area contributed by atoms with Crippen molar-refractivity contribution in [2.75, 3.05) is 13.7 Å². The maximum Gasteiger partial charge on any atom is 0.276 e. The molecule has 0 fully saturated rings. The fraction of sp³-hybridized carbons (Fsp3) is 0.182. The molecular weight excluding hydrogens is 400 g/mol. The van der Waals surface area contributed by atoms with Gasteiger partial charge < -0.3 is 14.8 Å². The average Bonchev–Trinajstić information content (AvgIpc) is 2.80. The SMILES string of the molecule is COc1ccc(/C=C/C(=O)NC(C)C(=O)NNC(=O)COc2ccccc2C#N)cc1. The molecule has 0 saturated carbocycles. The molecule has 0 bridgehead atoms. The molecule has 0 heterocycles. The van der Waals surface area contributed by atoms with E-state index in [1.807, 2.05) is 6.07 Å². The van der Waals surface area contributed by atoms with Gasteiger partial charge in [0.1, 0.15) is 23.6 Å². The number of para-hydroxylation sites is 1. The molecule has 0 aliphatic carbocycles. The van der Waals surface area contributed by atoms with E-state index in [1.165, 1.54) is 13.0 Å². The summed E-state index contributed by atoms with van der Waals surface area (Å²) in [6, 6.07) is 14.6. The maximum atomic E-state index is 12.0. The van der Waals surface area contributed by atoms with Gasteiger partial charge in [0.25, 0.3) is 11.8 Å². The molecule has 0 spiro atoms. The van der Waals surface area contributed by atoms with E-state index in [0.717, 1.165) is 5.56 Å². The Morgan fingerprint density at radius 2 is 1.81 bits per heavy atom. The standard InChI is InChI=1S/C22H22N4O5/c1-15(24-20(27)12-9-16-7-10-18(30-2)11-8-16)22(29)26-25-21(28)14-31-19-6-4-3-5-17(19)13-23/h3-12,15H,14H2,1-2H3,(H,24,27)(H,25,28)(H,26,29)/b12-9+. The number of carbonyl (C=O) groups excluding carboxylic acids is 3. The summed E-state index contributed by atoms with van der Waals surface area (Å²) in [7, 11) is 1.56. The number of nitrogens with one attached hydrogen (secondary N) is 3. The first-order valence-electron chi connectivity index (χ1n) is 9.26. The van der Waals surface area contributed by atoms with E-state index < -0.39 is 30.4 Å². The number of benzene rings is 2. The Balaban J connectivity index is 1.74. The summed E-state index contributed by atoms with van der Waals surface area (Å²) < 4.78 is 10.3. The molecule has 1 unspecified atom stereocenters. The number of carbonyl (C=O) groups is 3. The highest BCUT2D eigenvalue weighted by molar-refractivity contribution is 5.95. The van der Waals surface area contributed by atoms with Gasteiger partial charge in [-0.15, -0.1) is 0 Å². The smallest absolute Gasteiger partial charge is 0.276 e. The second kappa shape index (κ2) is 11.6. The molecule has 0 aliphatic heterocycles. The number of hydrazine groups is 1. The fourth-order valence-electron chi connectivity index (χ4n) is 2.32. The molecule has 2 rings (SSSR count). The molecule has 2 aromatic carbocycles. The molecular formula is C22H22N4O5. The van der Waals surface area contributed by atoms with Crippen LogP contribution in [0.15, 0.2) is 54.6 Å². The van der Waals surface area contributed by atoms with Gasteiger partial charge in [-0.25, -0.2) is 0 Å². The summed E-state index contributed by atoms with van der Waals surface area (Å²) in [4.78, 5) is 35.8. The van der Waals surface area contributed by atoms with Crippen molar-refractivity contribution < 1.29 is 23.9 Å². The predicted octanol–water partition coefficient (Wildman–Crippen LogP) is 1.31. The summed E-state index contributed by atoms with van der Waals surface area (Å²) in [5.74, 6) is -0.749. The van der Waals surface area contributed by atoms with Crippen LogP contribution in [0.4, 0.5) is 0 Å². The number of ether oxygens (including phenoxy) is 2. The van der Waals surface area contributed by atoms with Crippen LogP contribution in [0.1, 0.15) is 18.1 Å². The molecule has 9 heteroatoms. The molecule has 9 nitrogen and oxygen atoms in total. The molecule has 2 aromatic rings. The summed E-state index contributed by atoms with van der Waals surface area (Å²) >= 11 is 0. The van der Waals surface area contributed by atoms with Gasteiger partial charge in [-0.1, -0.05) is 24.3 Å². The normalized spacial score (nSPS) is 11.1. The number of amides is 3. The fourth-order valence-corrected chi connectivity index (χ4v) is 2.32. The third-order valence-corrected chi connectivity index (χ3v) is 3.99. The Hall–Kier alpha value is -4.32. The zero-order valence-electron chi connectivity index (χ0n) is 17.0. The number of hydrogen-bond donors (Lipinski definition) is 3. The average molecular weight is 422 g/mol. The van der Waals surface area contributed by atoms with Crippen molar-refractivity contribution in [1.29, 1.82) is 5.26 Å². The second-order valence-electron chi connectivity index (χ2n) is 6.27. The van der Waals surface area contributed by atoms with Crippen LogP contribution in [0.25, 0.3) is 6.08 Å². The lowest BCUT2D eigenvalue weighted by Gasteiger charge is -2.14. The zero-order chi connectivity index (χ0) is 22.6. The number of nitriles is 1. The minimum Gasteiger partial charge on any atom is -0.497 e. The van der Waals surface area contributed by atoms with Crippen LogP contribution in [0.2, 0.25) is 0 Å². The monoisotopic (exact) mass is 422 g/mol. The van der Waals surface area contributed by atoms with Crippen LogP contribution in [-0.4, -0.2) is 37.5 Å². The van der Waals surface area contributed by atoms with Crippen LogP contribution in [-0.2, 0) is 14.4 Å². The molecule has 0 saturated heterocycles. The number of methoxy groups -OCH3 is 1. The Labute approximate surface area is 179 Å². The number of hydrogen-bond acceptors (Lipinski definition) is 6. The molecule has 3 N–H and O–H groups in total. The van der Waals surface area contributed by atoms with E-state index in [9.17, 15) is 14.4 Å². The van der Waals surface area contributed by atoms with Crippen molar-refractivity contribution in [3.63, 3.8) is 0 Å². The zero-order valence-corrected chi connectivity index (χ0v) is 17.0. The molecule has 0 aliphatic rings. The third-order valence-electron chi connectivity index (χ3n) is 3.99. The Kier molecular flexibility index (Phi) is 8.61. The highest BCUT2D eigenvalue weighted by atomic mass is 16.5. The van der Waals surface area contributed by atoms with E-state index >= 15 is 0 Å². The molecule has 0 radical (unpaired) electrons. The summed E-state index contributed by atoms with van der Waals surface area (Å²) in [6.07, 6.45) is 2.89. The topological polar surface area (TPSA) is 130 Å². The lowest BCUT2D eigenvalue weighted by Crippen LogP contribution is -2.51. The van der Waals surface area contributed by atoms with Crippen LogP contribution in [0, 0.1) is 11.3 Å². The number of rotatable bonds is 8. The van der Waals surface area contributed by atoms with Gasteiger partial charge in [0.2, 0.25) is 5.91 Å². The first kappa shape index (κ1) is 23.0. The van der Waals surface area contributed by atoms with Crippen LogP contribution in [0.5, 0.6) is 11.5 Å². The first-order chi connectivity index (χ1) is 14.9. The molecule has 0 aromatic heterocycles. The summed E-state index contributed by atoms with van der Waals surface area (Å²) in [6.45, 7) is 1.07. The van der Waals surface area contributed by atoms with Crippen molar-refractivity contribution in [2.45, 2.75) is 13.0 Å². The van der Waals surface area contributed by atoms with Crippen molar-refractivity contribution >= 4 is 23.8 Å². The highest BCUT2D eigenvalue weighted by Crippen LogP contribution is 2.16. The van der Waals surface area contributed by atoms with E-state index in [0.29, 0.717) is 11.3 Å². The lowest BCUT2D eigenvalue weighted by molar-refractivity contribution is -0.131. The van der Waals surface area contributed by atoms with Gasteiger partial charge in [0.15, 0.2) is 6.61 Å². The van der Waals surface area contributed by atoms with Crippen LogP contribution < -0.4 is 25.6 Å². The largest absolute Gasteiger partial charge is 0.497 e. The summed E-state index contributed by atoms with van der Waals surface area (Å²) in [5.41, 5.74) is 5.47. The van der Waals surface area contributed by atoms with Gasteiger partial charge in [0.05, 0.1) is 12.7 Å². The molecule has 31 heavy (non-hydrogen) atoms. The van der Waals surface area contributed by atoms with Crippen LogP contribution in [0.3, 0.4) is 0 Å². The first-order valence-corrected chi connectivity index (χ1v) is 9.26. The Morgan fingerprint density at radius 1 is 1.10 bits per heavy atom. The lowest BCUT2D eigenvalue weighted by atomic mass is 10.2. The third kappa shape index (κ3) is 7.55. The van der Waals surface area contributed by atoms with Crippen molar-refractivity contribution in [3.05, 3.63) is 65.7 Å². The molecule has 1 atom stereocenters.